The van der Waals surface area contributed by atoms with Gasteiger partial charge in [0, 0.05) is 0 Å². The average molecular weight is 373 g/mol. The number of benzene rings is 3. The van der Waals surface area contributed by atoms with E-state index in [0.29, 0.717) is 0 Å². The van der Waals surface area contributed by atoms with Gasteiger partial charge in [0.25, 0.3) is 0 Å². The predicted octanol–water partition coefficient (Wildman–Crippen LogP) is 4.39. The molecule has 0 N–H and O–H groups in total. The molecule has 3 heteroatoms. The number of hydrogen-bond donors (Lipinski definition) is 0. The van der Waals surface area contributed by atoms with Gasteiger partial charge in [-0.2, -0.15) is 0 Å². The topological polar surface area (TPSA) is 9.23 Å². The summed E-state index contributed by atoms with van der Waals surface area (Å²) in [6.07, 6.45) is 0. The molecule has 0 spiro atoms. The Morgan fingerprint density at radius 1 is 0.591 bits per heavy atom. The van der Waals surface area contributed by atoms with Crippen molar-refractivity contribution in [3.8, 4) is 0 Å². The van der Waals surface area contributed by atoms with Crippen LogP contribution in [0.25, 0.3) is 0 Å². The van der Waals surface area contributed by atoms with Crippen LogP contribution in [0.3, 0.4) is 0 Å². The second-order valence-electron chi connectivity index (χ2n) is 5.12. The quantitative estimate of drug-likeness (QED) is 0.617. The molecule has 0 saturated carbocycles. The molecule has 0 aliphatic heterocycles. The summed E-state index contributed by atoms with van der Waals surface area (Å²) >= 11 is 4.12. The Kier molecular flexibility index (Phi) is 4.18. The Bertz CT molecular complexity index is 645. The van der Waals surface area contributed by atoms with E-state index in [9.17, 15) is 0 Å². The zero-order valence-corrected chi connectivity index (χ0v) is 14.9. The van der Waals surface area contributed by atoms with Gasteiger partial charge < -0.3 is 0 Å². The van der Waals surface area contributed by atoms with Crippen LogP contribution < -0.4 is 15.9 Å². The first-order valence-electron chi connectivity index (χ1n) is 7.16. The van der Waals surface area contributed by atoms with Crippen LogP contribution in [-0.4, -0.2) is 7.11 Å². The van der Waals surface area contributed by atoms with Crippen molar-refractivity contribution in [2.75, 3.05) is 7.11 Å². The molecule has 0 saturated heterocycles. The van der Waals surface area contributed by atoms with Crippen LogP contribution in [0, 0.1) is 0 Å². The standard InChI is InChI=1S/C19H18BrOP/c1-21-22(20,17-11-5-2-6-12-17,18-13-7-3-8-14-18)19-15-9-4-10-16-19/h2-16H,1H3. The van der Waals surface area contributed by atoms with Gasteiger partial charge in [0.1, 0.15) is 0 Å². The molecule has 0 aliphatic carbocycles. The molecular formula is C19H18BrOP. The predicted molar refractivity (Wildman–Crippen MR) is 101 cm³/mol. The van der Waals surface area contributed by atoms with E-state index < -0.39 is 5.53 Å². The molecule has 3 aromatic rings. The van der Waals surface area contributed by atoms with E-state index in [-0.39, 0.29) is 0 Å². The van der Waals surface area contributed by atoms with Gasteiger partial charge in [-0.1, -0.05) is 0 Å². The van der Waals surface area contributed by atoms with Crippen LogP contribution in [0.5, 0.6) is 0 Å². The third kappa shape index (κ3) is 2.23. The van der Waals surface area contributed by atoms with Crippen LogP contribution in [-0.2, 0) is 4.52 Å². The number of halogens is 1. The molecule has 0 bridgehead atoms. The van der Waals surface area contributed by atoms with Crippen molar-refractivity contribution >= 4 is 36.9 Å². The molecule has 1 nitrogen and oxygen atoms in total. The Balaban J connectivity index is 2.41. The molecule has 0 aliphatic rings. The first-order valence-corrected chi connectivity index (χ1v) is 11.3. The van der Waals surface area contributed by atoms with Crippen molar-refractivity contribution in [3.05, 3.63) is 91.0 Å². The summed E-state index contributed by atoms with van der Waals surface area (Å²) in [6.45, 7) is 0. The summed E-state index contributed by atoms with van der Waals surface area (Å²) < 4.78 is 6.33. The molecule has 0 unspecified atom stereocenters. The Hall–Kier alpha value is -1.47. The van der Waals surface area contributed by atoms with Crippen molar-refractivity contribution in [1.82, 2.24) is 0 Å². The van der Waals surface area contributed by atoms with Gasteiger partial charge in [-0.15, -0.1) is 0 Å². The van der Waals surface area contributed by atoms with Crippen LogP contribution in [0.1, 0.15) is 0 Å². The van der Waals surface area contributed by atoms with E-state index in [2.05, 4.69) is 88.3 Å². The van der Waals surface area contributed by atoms with Gasteiger partial charge >= 0.3 is 140 Å². The van der Waals surface area contributed by atoms with Crippen molar-refractivity contribution in [2.45, 2.75) is 0 Å². The molecule has 3 aromatic carbocycles. The third-order valence-electron chi connectivity index (χ3n) is 4.00. The van der Waals surface area contributed by atoms with Gasteiger partial charge in [0.05, 0.1) is 0 Å². The molecule has 3 rings (SSSR count). The van der Waals surface area contributed by atoms with Crippen molar-refractivity contribution in [1.29, 1.82) is 0 Å². The molecule has 112 valence electrons. The fourth-order valence-corrected chi connectivity index (χ4v) is 8.61. The van der Waals surface area contributed by atoms with Crippen LogP contribution in [0.15, 0.2) is 91.0 Å². The fraction of sp³-hybridized carbons (Fsp3) is 0.0526. The van der Waals surface area contributed by atoms with Crippen molar-refractivity contribution in [2.24, 2.45) is 0 Å². The summed E-state index contributed by atoms with van der Waals surface area (Å²) in [5.41, 5.74) is -3.09. The van der Waals surface area contributed by atoms with E-state index >= 15 is 0 Å². The van der Waals surface area contributed by atoms with Gasteiger partial charge in [-0.25, -0.2) is 0 Å². The number of hydrogen-bond acceptors (Lipinski definition) is 1. The summed E-state index contributed by atoms with van der Waals surface area (Å²) in [7, 11) is 1.79. The van der Waals surface area contributed by atoms with Crippen molar-refractivity contribution in [3.63, 3.8) is 0 Å². The summed E-state index contributed by atoms with van der Waals surface area (Å²) in [4.78, 5) is 0. The molecule has 0 heterocycles. The van der Waals surface area contributed by atoms with Crippen LogP contribution >= 0.6 is 21.0 Å². The maximum absolute atomic E-state index is 6.33. The summed E-state index contributed by atoms with van der Waals surface area (Å²) in [6, 6.07) is 31.3. The van der Waals surface area contributed by atoms with Crippen LogP contribution in [0.4, 0.5) is 0 Å². The monoisotopic (exact) mass is 372 g/mol. The van der Waals surface area contributed by atoms with E-state index in [0.717, 1.165) is 15.9 Å². The Labute approximate surface area is 139 Å². The van der Waals surface area contributed by atoms with Gasteiger partial charge in [-0.05, 0) is 0 Å². The zero-order chi connectivity index (χ0) is 15.5. The number of rotatable bonds is 4. The molecule has 0 aromatic heterocycles. The second-order valence-corrected chi connectivity index (χ2v) is 13.0. The molecular weight excluding hydrogens is 355 g/mol. The summed E-state index contributed by atoms with van der Waals surface area (Å²) in [5, 5.41) is 3.48. The molecule has 0 fully saturated rings. The third-order valence-corrected chi connectivity index (χ3v) is 12.9. The first-order chi connectivity index (χ1) is 10.7. The Morgan fingerprint density at radius 3 is 1.09 bits per heavy atom. The normalized spacial score (nSPS) is 13.3. The minimum atomic E-state index is -3.09. The van der Waals surface area contributed by atoms with Gasteiger partial charge in [0.15, 0.2) is 0 Å². The maximum atomic E-state index is 6.33. The molecule has 0 amide bonds. The molecule has 22 heavy (non-hydrogen) atoms. The van der Waals surface area contributed by atoms with Gasteiger partial charge in [-0.3, -0.25) is 0 Å². The van der Waals surface area contributed by atoms with E-state index in [1.54, 1.807) is 7.11 Å². The SMILES string of the molecule is COP(Br)(c1ccccc1)(c1ccccc1)c1ccccc1. The minimum absolute atomic E-state index is 1.16. The second kappa shape index (κ2) is 5.96. The van der Waals surface area contributed by atoms with Crippen LogP contribution in [0.2, 0.25) is 0 Å². The van der Waals surface area contributed by atoms with E-state index in [4.69, 9.17) is 4.52 Å². The fourth-order valence-electron chi connectivity index (χ4n) is 2.85. The van der Waals surface area contributed by atoms with Crippen molar-refractivity contribution < 1.29 is 4.52 Å². The first kappa shape index (κ1) is 15.4. The Morgan fingerprint density at radius 2 is 0.864 bits per heavy atom. The average Bonchev–Trinajstić information content (AvgIpc) is 2.63. The van der Waals surface area contributed by atoms with E-state index in [1.807, 2.05) is 18.2 Å². The zero-order valence-electron chi connectivity index (χ0n) is 12.4. The molecule has 0 radical (unpaired) electrons. The summed E-state index contributed by atoms with van der Waals surface area (Å²) in [5.74, 6) is 0. The molecule has 0 atom stereocenters. The van der Waals surface area contributed by atoms with Gasteiger partial charge in [0.2, 0.25) is 0 Å². The van der Waals surface area contributed by atoms with E-state index in [1.165, 1.54) is 0 Å².